The van der Waals surface area contributed by atoms with Crippen molar-refractivity contribution in [3.63, 3.8) is 0 Å². The molecule has 2 aliphatic carbocycles. The third-order valence-electron chi connectivity index (χ3n) is 6.37. The molecule has 4 heteroatoms. The minimum atomic E-state index is -0.754. The average Bonchev–Trinajstić information content (AvgIpc) is 3.44. The highest BCUT2D eigenvalue weighted by molar-refractivity contribution is 5.66. The summed E-state index contributed by atoms with van der Waals surface area (Å²) in [5.74, 6) is 2.05. The summed E-state index contributed by atoms with van der Waals surface area (Å²) >= 11 is 0. The molecule has 2 aliphatic rings. The van der Waals surface area contributed by atoms with Gasteiger partial charge in [0.05, 0.1) is 19.8 Å². The van der Waals surface area contributed by atoms with Gasteiger partial charge in [-0.1, -0.05) is 69.7 Å². The summed E-state index contributed by atoms with van der Waals surface area (Å²) in [6, 6.07) is 7.80. The SMILES string of the molecule is C1=CC2CCC1C2.CCCCCCCCC(CCC(=O)O)OCc1ccc(OC)cc1. The number of fused-ring (bicyclic) bond motifs is 2. The van der Waals surface area contributed by atoms with Gasteiger partial charge < -0.3 is 14.6 Å². The zero-order chi connectivity index (χ0) is 22.3. The smallest absolute Gasteiger partial charge is 0.303 e. The third kappa shape index (κ3) is 10.9. The van der Waals surface area contributed by atoms with Crippen molar-refractivity contribution < 1.29 is 19.4 Å². The van der Waals surface area contributed by atoms with Gasteiger partial charge in [-0.15, -0.1) is 0 Å². The van der Waals surface area contributed by atoms with Gasteiger partial charge in [-0.2, -0.15) is 0 Å². The molecule has 0 saturated heterocycles. The van der Waals surface area contributed by atoms with Crippen molar-refractivity contribution in [1.29, 1.82) is 0 Å². The number of methoxy groups -OCH3 is 1. The van der Waals surface area contributed by atoms with Crippen LogP contribution in [0.15, 0.2) is 36.4 Å². The van der Waals surface area contributed by atoms with Crippen LogP contribution in [0.4, 0.5) is 0 Å². The van der Waals surface area contributed by atoms with Gasteiger partial charge in [-0.25, -0.2) is 0 Å². The van der Waals surface area contributed by atoms with Gasteiger partial charge in [0.1, 0.15) is 5.75 Å². The van der Waals surface area contributed by atoms with Crippen LogP contribution in [0.3, 0.4) is 0 Å². The van der Waals surface area contributed by atoms with Gasteiger partial charge in [0, 0.05) is 6.42 Å². The van der Waals surface area contributed by atoms with Crippen LogP contribution < -0.4 is 4.74 Å². The largest absolute Gasteiger partial charge is 0.497 e. The molecular weight excluding hydrogens is 388 g/mol. The maximum atomic E-state index is 10.8. The van der Waals surface area contributed by atoms with Crippen LogP contribution in [-0.2, 0) is 16.1 Å². The maximum Gasteiger partial charge on any atom is 0.303 e. The summed E-state index contributed by atoms with van der Waals surface area (Å²) in [5, 5.41) is 8.90. The number of hydrogen-bond acceptors (Lipinski definition) is 3. The molecule has 0 amide bonds. The Morgan fingerprint density at radius 3 is 2.16 bits per heavy atom. The Balaban J connectivity index is 0.000000401. The predicted octanol–water partition coefficient (Wildman–Crippen LogP) is 7.17. The molecule has 31 heavy (non-hydrogen) atoms. The number of carbonyl (C=O) groups is 1. The molecule has 0 radical (unpaired) electrons. The monoisotopic (exact) mass is 430 g/mol. The van der Waals surface area contributed by atoms with Crippen molar-refractivity contribution in [2.45, 2.75) is 96.7 Å². The van der Waals surface area contributed by atoms with E-state index < -0.39 is 5.97 Å². The average molecular weight is 431 g/mol. The van der Waals surface area contributed by atoms with Crippen molar-refractivity contribution in [2.24, 2.45) is 11.8 Å². The first kappa shape index (κ1) is 25.5. The second-order valence-corrected chi connectivity index (χ2v) is 8.99. The van der Waals surface area contributed by atoms with Crippen molar-refractivity contribution >= 4 is 5.97 Å². The van der Waals surface area contributed by atoms with Gasteiger partial charge in [-0.3, -0.25) is 4.79 Å². The van der Waals surface area contributed by atoms with Gasteiger partial charge in [0.15, 0.2) is 0 Å². The molecule has 3 unspecified atom stereocenters. The van der Waals surface area contributed by atoms with E-state index in [1.807, 2.05) is 24.3 Å². The number of aliphatic carboxylic acids is 1. The Morgan fingerprint density at radius 1 is 1.00 bits per heavy atom. The lowest BCUT2D eigenvalue weighted by Crippen LogP contribution is -2.15. The van der Waals surface area contributed by atoms with E-state index in [0.29, 0.717) is 13.0 Å². The molecule has 1 aromatic carbocycles. The summed E-state index contributed by atoms with van der Waals surface area (Å²) < 4.78 is 11.1. The van der Waals surface area contributed by atoms with Gasteiger partial charge >= 0.3 is 5.97 Å². The fourth-order valence-electron chi connectivity index (χ4n) is 4.40. The molecule has 1 fully saturated rings. The number of benzene rings is 1. The summed E-state index contributed by atoms with van der Waals surface area (Å²) in [4.78, 5) is 10.8. The highest BCUT2D eigenvalue weighted by atomic mass is 16.5. The number of carboxylic acids is 1. The Labute approximate surface area is 189 Å². The van der Waals surface area contributed by atoms with Crippen LogP contribution in [0.5, 0.6) is 5.75 Å². The van der Waals surface area contributed by atoms with E-state index >= 15 is 0 Å². The highest BCUT2D eigenvalue weighted by Crippen LogP contribution is 2.38. The number of carboxylic acid groups (broad SMARTS) is 1. The van der Waals surface area contributed by atoms with Gasteiger partial charge in [0.2, 0.25) is 0 Å². The number of allylic oxidation sites excluding steroid dienone is 2. The zero-order valence-corrected chi connectivity index (χ0v) is 19.6. The summed E-state index contributed by atoms with van der Waals surface area (Å²) in [6.07, 6.45) is 18.3. The maximum absolute atomic E-state index is 10.8. The van der Waals surface area contributed by atoms with Crippen LogP contribution in [0.1, 0.15) is 89.5 Å². The van der Waals surface area contributed by atoms with Crippen LogP contribution in [0.25, 0.3) is 0 Å². The first-order chi connectivity index (χ1) is 15.1. The van der Waals surface area contributed by atoms with E-state index in [0.717, 1.165) is 36.0 Å². The van der Waals surface area contributed by atoms with Crippen LogP contribution in [0, 0.1) is 11.8 Å². The minimum Gasteiger partial charge on any atom is -0.497 e. The standard InChI is InChI=1S/C20H32O4.C7H10/c1-3-4-5-6-7-8-9-19(14-15-20(21)22)24-16-17-10-12-18(23-2)13-11-17;1-2-7-4-3-6(1)5-7/h10-13,19H,3-9,14-16H2,1-2H3,(H,21,22);1-2,6-7H,3-5H2. The molecule has 1 aromatic rings. The summed E-state index contributed by atoms with van der Waals surface area (Å²) in [5.41, 5.74) is 1.08. The van der Waals surface area contributed by atoms with Crippen LogP contribution in [-0.4, -0.2) is 24.3 Å². The second kappa shape index (κ2) is 15.1. The van der Waals surface area contributed by atoms with Crippen molar-refractivity contribution in [3.8, 4) is 5.75 Å². The fraction of sp³-hybridized carbons (Fsp3) is 0.667. The third-order valence-corrected chi connectivity index (χ3v) is 6.37. The first-order valence-corrected chi connectivity index (χ1v) is 12.2. The van der Waals surface area contributed by atoms with Gasteiger partial charge in [-0.05, 0) is 61.6 Å². The highest BCUT2D eigenvalue weighted by Gasteiger charge is 2.25. The van der Waals surface area contributed by atoms with Crippen molar-refractivity contribution in [1.82, 2.24) is 0 Å². The van der Waals surface area contributed by atoms with E-state index in [1.54, 1.807) is 7.11 Å². The van der Waals surface area contributed by atoms with Crippen molar-refractivity contribution in [2.75, 3.05) is 7.11 Å². The minimum absolute atomic E-state index is 0.0226. The Hall–Kier alpha value is -1.81. The molecule has 0 aliphatic heterocycles. The molecule has 2 bridgehead atoms. The van der Waals surface area contributed by atoms with E-state index in [-0.39, 0.29) is 12.5 Å². The molecule has 174 valence electrons. The number of unbranched alkanes of at least 4 members (excludes halogenated alkanes) is 5. The first-order valence-electron chi connectivity index (χ1n) is 12.2. The molecule has 0 heterocycles. The molecular formula is C27H42O4. The molecule has 1 N–H and O–H groups in total. The zero-order valence-electron chi connectivity index (χ0n) is 19.6. The molecule has 3 rings (SSSR count). The van der Waals surface area contributed by atoms with E-state index in [2.05, 4.69) is 19.1 Å². The topological polar surface area (TPSA) is 55.8 Å². The van der Waals surface area contributed by atoms with E-state index in [9.17, 15) is 4.79 Å². The molecule has 3 atom stereocenters. The van der Waals surface area contributed by atoms with Crippen LogP contribution >= 0.6 is 0 Å². The second-order valence-electron chi connectivity index (χ2n) is 8.99. The molecule has 0 aromatic heterocycles. The lowest BCUT2D eigenvalue weighted by molar-refractivity contribution is -0.138. The Morgan fingerprint density at radius 2 is 1.65 bits per heavy atom. The fourth-order valence-corrected chi connectivity index (χ4v) is 4.40. The number of rotatable bonds is 14. The summed E-state index contributed by atoms with van der Waals surface area (Å²) in [6.45, 7) is 2.74. The lowest BCUT2D eigenvalue weighted by Gasteiger charge is -2.17. The Kier molecular flexibility index (Phi) is 12.4. The van der Waals surface area contributed by atoms with Gasteiger partial charge in [0.25, 0.3) is 0 Å². The van der Waals surface area contributed by atoms with Crippen molar-refractivity contribution in [3.05, 3.63) is 42.0 Å². The Bertz CT molecular complexity index is 625. The quantitative estimate of drug-likeness (QED) is 0.251. The lowest BCUT2D eigenvalue weighted by atomic mass is 10.0. The molecule has 1 saturated carbocycles. The predicted molar refractivity (Wildman–Crippen MR) is 126 cm³/mol. The molecule has 4 nitrogen and oxygen atoms in total. The van der Waals surface area contributed by atoms with E-state index in [1.165, 1.54) is 51.4 Å². The number of hydrogen-bond donors (Lipinski definition) is 1. The van der Waals surface area contributed by atoms with E-state index in [4.69, 9.17) is 14.6 Å². The molecule has 0 spiro atoms. The summed E-state index contributed by atoms with van der Waals surface area (Å²) in [7, 11) is 1.65. The van der Waals surface area contributed by atoms with Crippen LogP contribution in [0.2, 0.25) is 0 Å². The number of ether oxygens (including phenoxy) is 2. The normalized spacial score (nSPS) is 19.7.